The van der Waals surface area contributed by atoms with Gasteiger partial charge in [0.25, 0.3) is 5.69 Å². The first-order valence-electron chi connectivity index (χ1n) is 5.64. The van der Waals surface area contributed by atoms with Crippen LogP contribution in [0.3, 0.4) is 0 Å². The number of rotatable bonds is 5. The van der Waals surface area contributed by atoms with E-state index < -0.39 is 4.92 Å². The van der Waals surface area contributed by atoms with Crippen molar-refractivity contribution in [3.63, 3.8) is 0 Å². The number of anilines is 1. The van der Waals surface area contributed by atoms with Gasteiger partial charge in [-0.2, -0.15) is 0 Å². The lowest BCUT2D eigenvalue weighted by atomic mass is 10.0. The Hall–Kier alpha value is -1.21. The predicted octanol–water partition coefficient (Wildman–Crippen LogP) is 2.46. The minimum atomic E-state index is -0.445. The van der Waals surface area contributed by atoms with Gasteiger partial charge in [-0.3, -0.25) is 10.1 Å². The highest BCUT2D eigenvalue weighted by Crippen LogP contribution is 2.31. The zero-order chi connectivity index (χ0) is 13.9. The molecule has 6 nitrogen and oxygen atoms in total. The highest BCUT2D eigenvalue weighted by atomic mass is 79.9. The van der Waals surface area contributed by atoms with Crippen LogP contribution in [0, 0.1) is 23.0 Å². The van der Waals surface area contributed by atoms with E-state index in [9.17, 15) is 10.1 Å². The smallest absolute Gasteiger partial charge is 0.291 e. The van der Waals surface area contributed by atoms with Gasteiger partial charge in [0, 0.05) is 18.2 Å². The summed E-state index contributed by atoms with van der Waals surface area (Å²) in [6, 6.07) is 0.0784. The summed E-state index contributed by atoms with van der Waals surface area (Å²) < 4.78 is 0.607. The summed E-state index contributed by atoms with van der Waals surface area (Å²) in [7, 11) is 0. The Bertz CT molecular complexity index is 451. The maximum atomic E-state index is 10.8. The minimum Gasteiger partial charge on any atom is -0.365 e. The van der Waals surface area contributed by atoms with Gasteiger partial charge in [-0.1, -0.05) is 13.8 Å². The highest BCUT2D eigenvalue weighted by molar-refractivity contribution is 9.10. The van der Waals surface area contributed by atoms with Crippen LogP contribution in [-0.2, 0) is 0 Å². The Labute approximate surface area is 114 Å². The first kappa shape index (κ1) is 14.8. The van der Waals surface area contributed by atoms with Gasteiger partial charge in [-0.05, 0) is 28.8 Å². The van der Waals surface area contributed by atoms with E-state index in [1.165, 1.54) is 6.20 Å². The molecule has 1 aromatic heterocycles. The fraction of sp³-hybridized carbons (Fsp3) is 0.545. The third-order valence-corrected chi connectivity index (χ3v) is 3.79. The number of nitrogens with zero attached hydrogens (tertiary/aromatic N) is 2. The summed E-state index contributed by atoms with van der Waals surface area (Å²) in [5.74, 6) is 0.932. The van der Waals surface area contributed by atoms with Crippen LogP contribution in [0.15, 0.2) is 10.7 Å². The molecule has 7 heteroatoms. The van der Waals surface area contributed by atoms with E-state index >= 15 is 0 Å². The van der Waals surface area contributed by atoms with Crippen LogP contribution in [0.4, 0.5) is 11.5 Å². The first-order chi connectivity index (χ1) is 8.38. The lowest BCUT2D eigenvalue weighted by Crippen LogP contribution is -2.34. The summed E-state index contributed by atoms with van der Waals surface area (Å²) in [5, 5.41) is 14.0. The second-order valence-corrected chi connectivity index (χ2v) is 5.21. The Morgan fingerprint density at radius 1 is 1.61 bits per heavy atom. The molecular weight excluding hydrogens is 300 g/mol. The molecule has 0 fully saturated rings. The minimum absolute atomic E-state index is 0.00118. The van der Waals surface area contributed by atoms with Gasteiger partial charge in [0.05, 0.1) is 9.40 Å². The molecule has 0 aliphatic carbocycles. The molecule has 0 aromatic carbocycles. The molecule has 0 aliphatic rings. The van der Waals surface area contributed by atoms with Crippen LogP contribution in [0.5, 0.6) is 0 Å². The van der Waals surface area contributed by atoms with E-state index in [1.54, 1.807) is 6.92 Å². The fourth-order valence-corrected chi connectivity index (χ4v) is 1.95. The Kier molecular flexibility index (Phi) is 5.03. The van der Waals surface area contributed by atoms with E-state index in [1.807, 2.05) is 0 Å². The Morgan fingerprint density at radius 3 is 2.67 bits per heavy atom. The topological polar surface area (TPSA) is 94.1 Å². The van der Waals surface area contributed by atoms with E-state index in [0.717, 1.165) is 0 Å². The number of aromatic nitrogens is 1. The van der Waals surface area contributed by atoms with Gasteiger partial charge < -0.3 is 11.1 Å². The molecule has 0 aliphatic heterocycles. The SMILES string of the molecule is Cc1c([N+](=O)[O-])cnc(NC(CN)C(C)C)c1Br. The Morgan fingerprint density at radius 2 is 2.22 bits per heavy atom. The molecule has 1 unspecified atom stereocenters. The molecule has 18 heavy (non-hydrogen) atoms. The van der Waals surface area contributed by atoms with Gasteiger partial charge in [-0.15, -0.1) is 0 Å². The maximum absolute atomic E-state index is 10.8. The third-order valence-electron chi connectivity index (χ3n) is 2.81. The maximum Gasteiger partial charge on any atom is 0.291 e. The number of nitro groups is 1. The summed E-state index contributed by atoms with van der Waals surface area (Å²) in [5.41, 5.74) is 6.23. The molecule has 1 aromatic rings. The molecule has 0 saturated heterocycles. The molecule has 0 bridgehead atoms. The summed E-state index contributed by atoms with van der Waals surface area (Å²) in [6.45, 7) is 6.26. The molecular formula is C11H17BrN4O2. The van der Waals surface area contributed by atoms with E-state index in [2.05, 4.69) is 40.1 Å². The molecule has 0 amide bonds. The van der Waals surface area contributed by atoms with Gasteiger partial charge in [-0.25, -0.2) is 4.98 Å². The monoisotopic (exact) mass is 316 g/mol. The van der Waals surface area contributed by atoms with Crippen LogP contribution in [0.25, 0.3) is 0 Å². The van der Waals surface area contributed by atoms with Crippen LogP contribution in [0.2, 0.25) is 0 Å². The van der Waals surface area contributed by atoms with Crippen molar-refractivity contribution in [3.8, 4) is 0 Å². The second-order valence-electron chi connectivity index (χ2n) is 4.42. The molecule has 0 spiro atoms. The van der Waals surface area contributed by atoms with Crippen molar-refractivity contribution in [2.24, 2.45) is 11.7 Å². The lowest BCUT2D eigenvalue weighted by Gasteiger charge is -2.22. The summed E-state index contributed by atoms with van der Waals surface area (Å²) in [6.07, 6.45) is 1.26. The predicted molar refractivity (Wildman–Crippen MR) is 74.6 cm³/mol. The van der Waals surface area contributed by atoms with Crippen molar-refractivity contribution in [3.05, 3.63) is 26.3 Å². The van der Waals surface area contributed by atoms with Crippen molar-refractivity contribution < 1.29 is 4.92 Å². The zero-order valence-corrected chi connectivity index (χ0v) is 12.2. The van der Waals surface area contributed by atoms with E-state index in [0.29, 0.717) is 28.3 Å². The molecule has 1 atom stereocenters. The van der Waals surface area contributed by atoms with Gasteiger partial charge in [0.1, 0.15) is 12.0 Å². The second kappa shape index (κ2) is 6.10. The number of halogens is 1. The van der Waals surface area contributed by atoms with Crippen LogP contribution >= 0.6 is 15.9 Å². The quantitative estimate of drug-likeness (QED) is 0.642. The molecule has 100 valence electrons. The van der Waals surface area contributed by atoms with Crippen molar-refractivity contribution in [1.29, 1.82) is 0 Å². The van der Waals surface area contributed by atoms with E-state index in [4.69, 9.17) is 5.73 Å². The number of hydrogen-bond acceptors (Lipinski definition) is 5. The molecule has 1 heterocycles. The van der Waals surface area contributed by atoms with Crippen molar-refractivity contribution in [2.45, 2.75) is 26.8 Å². The van der Waals surface area contributed by atoms with Crippen LogP contribution in [-0.4, -0.2) is 22.5 Å². The summed E-state index contributed by atoms with van der Waals surface area (Å²) in [4.78, 5) is 14.4. The lowest BCUT2D eigenvalue weighted by molar-refractivity contribution is -0.385. The fourth-order valence-electron chi connectivity index (χ4n) is 1.53. The van der Waals surface area contributed by atoms with Crippen LogP contribution in [0.1, 0.15) is 19.4 Å². The molecule has 0 saturated carbocycles. The average molecular weight is 317 g/mol. The molecule has 3 N–H and O–H groups in total. The van der Waals surface area contributed by atoms with Gasteiger partial charge in [0.15, 0.2) is 0 Å². The number of pyridine rings is 1. The van der Waals surface area contributed by atoms with Crippen molar-refractivity contribution >= 4 is 27.4 Å². The first-order valence-corrected chi connectivity index (χ1v) is 6.43. The zero-order valence-electron chi connectivity index (χ0n) is 10.6. The normalized spacial score (nSPS) is 12.6. The average Bonchev–Trinajstić information content (AvgIpc) is 2.30. The molecule has 0 radical (unpaired) electrons. The highest BCUT2D eigenvalue weighted by Gasteiger charge is 2.19. The van der Waals surface area contributed by atoms with Gasteiger partial charge in [0.2, 0.25) is 0 Å². The third kappa shape index (κ3) is 3.17. The largest absolute Gasteiger partial charge is 0.365 e. The number of nitrogens with one attached hydrogen (secondary N) is 1. The van der Waals surface area contributed by atoms with Gasteiger partial charge >= 0.3 is 0 Å². The van der Waals surface area contributed by atoms with E-state index in [-0.39, 0.29) is 11.7 Å². The Balaban J connectivity index is 3.05. The van der Waals surface area contributed by atoms with Crippen LogP contribution < -0.4 is 11.1 Å². The summed E-state index contributed by atoms with van der Waals surface area (Å²) >= 11 is 3.34. The standard InChI is InChI=1S/C11H17BrN4O2/c1-6(2)8(4-13)15-11-10(12)7(3)9(5-14-11)16(17)18/h5-6,8H,4,13H2,1-3H3,(H,14,15). The van der Waals surface area contributed by atoms with Crippen molar-refractivity contribution in [2.75, 3.05) is 11.9 Å². The number of hydrogen-bond donors (Lipinski definition) is 2. The van der Waals surface area contributed by atoms with Crippen molar-refractivity contribution in [1.82, 2.24) is 4.98 Å². The number of nitrogens with two attached hydrogens (primary N) is 1. The molecule has 1 rings (SSSR count).